The Kier molecular flexibility index (Phi) is 4.11. The number of hydrogen-bond donors (Lipinski definition) is 2. The highest BCUT2D eigenvalue weighted by Gasteiger charge is 2.42. The summed E-state index contributed by atoms with van der Waals surface area (Å²) in [5, 5.41) is 16.0. The first-order chi connectivity index (χ1) is 9.83. The van der Waals surface area contributed by atoms with Crippen LogP contribution < -0.4 is 10.9 Å². The van der Waals surface area contributed by atoms with Crippen LogP contribution in [-0.2, 0) is 11.8 Å². The average molecular weight is 293 g/mol. The van der Waals surface area contributed by atoms with Gasteiger partial charge in [0.05, 0.1) is 11.5 Å². The average Bonchev–Trinajstić information content (AvgIpc) is 2.41. The van der Waals surface area contributed by atoms with Gasteiger partial charge in [-0.15, -0.1) is 0 Å². The van der Waals surface area contributed by atoms with Gasteiger partial charge in [-0.25, -0.2) is 4.68 Å². The Labute approximate surface area is 122 Å². The Balaban J connectivity index is 2.21. The van der Waals surface area contributed by atoms with Gasteiger partial charge in [-0.3, -0.25) is 14.4 Å². The van der Waals surface area contributed by atoms with Gasteiger partial charge in [-0.05, 0) is 25.8 Å². The fourth-order valence-corrected chi connectivity index (χ4v) is 2.83. The lowest BCUT2D eigenvalue weighted by molar-refractivity contribution is -0.145. The molecule has 1 saturated carbocycles. The second-order valence-corrected chi connectivity index (χ2v) is 5.69. The third kappa shape index (κ3) is 3.12. The van der Waals surface area contributed by atoms with Crippen LogP contribution in [0.5, 0.6) is 0 Å². The molecule has 114 valence electrons. The third-order valence-corrected chi connectivity index (χ3v) is 4.10. The Morgan fingerprint density at radius 2 is 2.14 bits per heavy atom. The molecule has 0 bridgehead atoms. The second kappa shape index (κ2) is 5.67. The zero-order valence-electron chi connectivity index (χ0n) is 12.1. The fourth-order valence-electron chi connectivity index (χ4n) is 2.83. The number of aliphatic carboxylic acids is 1. The lowest BCUT2D eigenvalue weighted by Gasteiger charge is -2.39. The molecule has 1 heterocycles. The fraction of sp³-hybridized carbons (Fsp3) is 0.571. The summed E-state index contributed by atoms with van der Waals surface area (Å²) in [5.74, 6) is -1.96. The maximum atomic E-state index is 12.3. The van der Waals surface area contributed by atoms with Crippen LogP contribution in [0.4, 0.5) is 0 Å². The predicted molar refractivity (Wildman–Crippen MR) is 74.9 cm³/mol. The Morgan fingerprint density at radius 3 is 2.76 bits per heavy atom. The summed E-state index contributed by atoms with van der Waals surface area (Å²) in [5.41, 5.74) is -0.996. The van der Waals surface area contributed by atoms with Crippen molar-refractivity contribution in [2.75, 3.05) is 0 Å². The molecule has 1 fully saturated rings. The number of carbonyl (C=O) groups excluding carboxylic acids is 1. The van der Waals surface area contributed by atoms with Crippen LogP contribution >= 0.6 is 0 Å². The number of nitrogens with zero attached hydrogens (tertiary/aromatic N) is 2. The van der Waals surface area contributed by atoms with Crippen molar-refractivity contribution in [1.29, 1.82) is 0 Å². The predicted octanol–water partition coefficient (Wildman–Crippen LogP) is 0.544. The number of hydrogen-bond acceptors (Lipinski definition) is 4. The van der Waals surface area contributed by atoms with E-state index in [2.05, 4.69) is 10.4 Å². The van der Waals surface area contributed by atoms with Gasteiger partial charge in [0, 0.05) is 13.1 Å². The van der Waals surface area contributed by atoms with Gasteiger partial charge >= 0.3 is 5.97 Å². The summed E-state index contributed by atoms with van der Waals surface area (Å²) in [4.78, 5) is 34.9. The van der Waals surface area contributed by atoms with E-state index in [1.54, 1.807) is 6.92 Å². The third-order valence-electron chi connectivity index (χ3n) is 4.10. The number of carboxylic acid groups (broad SMARTS) is 1. The zero-order valence-corrected chi connectivity index (χ0v) is 12.1. The normalized spacial score (nSPS) is 25.3. The molecule has 1 aliphatic carbocycles. The molecule has 1 amide bonds. The largest absolute Gasteiger partial charge is 0.481 e. The minimum atomic E-state index is -0.897. The quantitative estimate of drug-likeness (QED) is 0.847. The first-order valence-corrected chi connectivity index (χ1v) is 6.93. The molecule has 0 radical (unpaired) electrons. The van der Waals surface area contributed by atoms with E-state index in [9.17, 15) is 19.5 Å². The van der Waals surface area contributed by atoms with Crippen molar-refractivity contribution in [2.45, 2.75) is 38.1 Å². The van der Waals surface area contributed by atoms with E-state index in [1.165, 1.54) is 19.2 Å². The number of rotatable bonds is 3. The SMILES string of the molecule is Cn1nc(C(=O)NC2(C)CCCCC2C(=O)O)ccc1=O. The van der Waals surface area contributed by atoms with Gasteiger partial charge in [0.2, 0.25) is 0 Å². The molecular formula is C14H19N3O4. The molecule has 0 spiro atoms. The second-order valence-electron chi connectivity index (χ2n) is 5.69. The van der Waals surface area contributed by atoms with Gasteiger partial charge < -0.3 is 10.4 Å². The van der Waals surface area contributed by atoms with E-state index in [1.807, 2.05) is 0 Å². The van der Waals surface area contributed by atoms with E-state index in [-0.39, 0.29) is 11.3 Å². The zero-order chi connectivity index (χ0) is 15.6. The van der Waals surface area contributed by atoms with Crippen LogP contribution in [-0.4, -0.2) is 32.3 Å². The molecule has 21 heavy (non-hydrogen) atoms. The lowest BCUT2D eigenvalue weighted by atomic mass is 9.74. The molecule has 2 rings (SSSR count). The Bertz CT molecular complexity index is 625. The molecule has 2 atom stereocenters. The first kappa shape index (κ1) is 15.2. The summed E-state index contributed by atoms with van der Waals surface area (Å²) in [6, 6.07) is 2.61. The van der Waals surface area contributed by atoms with E-state index >= 15 is 0 Å². The van der Waals surface area contributed by atoms with Gasteiger partial charge in [0.25, 0.3) is 11.5 Å². The van der Waals surface area contributed by atoms with E-state index < -0.39 is 23.3 Å². The molecule has 1 aliphatic rings. The monoisotopic (exact) mass is 293 g/mol. The lowest BCUT2D eigenvalue weighted by Crippen LogP contribution is -2.55. The summed E-state index contributed by atoms with van der Waals surface area (Å²) in [6.07, 6.45) is 2.88. The van der Waals surface area contributed by atoms with Crippen molar-refractivity contribution in [1.82, 2.24) is 15.1 Å². The van der Waals surface area contributed by atoms with Crippen molar-refractivity contribution in [3.63, 3.8) is 0 Å². The highest BCUT2D eigenvalue weighted by atomic mass is 16.4. The van der Waals surface area contributed by atoms with Crippen LogP contribution in [0, 0.1) is 5.92 Å². The van der Waals surface area contributed by atoms with Crippen LogP contribution in [0.25, 0.3) is 0 Å². The maximum Gasteiger partial charge on any atom is 0.308 e. The molecule has 1 aromatic heterocycles. The standard InChI is InChI=1S/C14H19N3O4/c1-14(8-4-3-5-9(14)13(20)21)15-12(19)10-6-7-11(18)17(2)16-10/h6-7,9H,3-5,8H2,1-2H3,(H,15,19)(H,20,21). The number of aromatic nitrogens is 2. The van der Waals surface area contributed by atoms with Crippen molar-refractivity contribution < 1.29 is 14.7 Å². The van der Waals surface area contributed by atoms with Crippen molar-refractivity contribution >= 4 is 11.9 Å². The van der Waals surface area contributed by atoms with Gasteiger partial charge in [0.1, 0.15) is 5.69 Å². The summed E-state index contributed by atoms with van der Waals surface area (Å²) < 4.78 is 1.08. The molecular weight excluding hydrogens is 274 g/mol. The number of nitrogens with one attached hydrogen (secondary N) is 1. The molecule has 0 aliphatic heterocycles. The van der Waals surface area contributed by atoms with E-state index in [0.29, 0.717) is 12.8 Å². The minimum absolute atomic E-state index is 0.105. The van der Waals surface area contributed by atoms with E-state index in [4.69, 9.17) is 0 Å². The van der Waals surface area contributed by atoms with Crippen LogP contribution in [0.3, 0.4) is 0 Å². The highest BCUT2D eigenvalue weighted by Crippen LogP contribution is 2.34. The molecule has 2 unspecified atom stereocenters. The molecule has 2 N–H and O–H groups in total. The molecule has 0 aromatic carbocycles. The number of amides is 1. The Morgan fingerprint density at radius 1 is 1.43 bits per heavy atom. The van der Waals surface area contributed by atoms with Gasteiger partial charge in [-0.1, -0.05) is 12.8 Å². The first-order valence-electron chi connectivity index (χ1n) is 6.93. The van der Waals surface area contributed by atoms with Crippen LogP contribution in [0.2, 0.25) is 0 Å². The van der Waals surface area contributed by atoms with Crippen LogP contribution in [0.15, 0.2) is 16.9 Å². The minimum Gasteiger partial charge on any atom is -0.481 e. The highest BCUT2D eigenvalue weighted by molar-refractivity contribution is 5.93. The number of aryl methyl sites for hydroxylation is 1. The van der Waals surface area contributed by atoms with Crippen molar-refractivity contribution in [3.8, 4) is 0 Å². The smallest absolute Gasteiger partial charge is 0.308 e. The molecule has 7 nitrogen and oxygen atoms in total. The topological polar surface area (TPSA) is 101 Å². The number of carbonyl (C=O) groups is 2. The van der Waals surface area contributed by atoms with Crippen molar-refractivity contribution in [3.05, 3.63) is 28.2 Å². The molecule has 0 saturated heterocycles. The Hall–Kier alpha value is -2.18. The molecule has 7 heteroatoms. The van der Waals surface area contributed by atoms with Gasteiger partial charge in [0.15, 0.2) is 0 Å². The summed E-state index contributed by atoms with van der Waals surface area (Å²) in [7, 11) is 1.46. The van der Waals surface area contributed by atoms with Gasteiger partial charge in [-0.2, -0.15) is 5.10 Å². The van der Waals surface area contributed by atoms with E-state index in [0.717, 1.165) is 17.5 Å². The van der Waals surface area contributed by atoms with Crippen LogP contribution in [0.1, 0.15) is 43.1 Å². The maximum absolute atomic E-state index is 12.3. The number of carboxylic acids is 1. The summed E-state index contributed by atoms with van der Waals surface area (Å²) >= 11 is 0. The van der Waals surface area contributed by atoms with Crippen molar-refractivity contribution in [2.24, 2.45) is 13.0 Å². The summed E-state index contributed by atoms with van der Waals surface area (Å²) in [6.45, 7) is 1.75. The molecule has 1 aromatic rings.